The zero-order chi connectivity index (χ0) is 61.0. The minimum Gasteiger partial charge on any atom is -0.465 e. The molecule has 2 atom stereocenters. The zero-order valence-electron chi connectivity index (χ0n) is 49.2. The quantitative estimate of drug-likeness (QED) is 0.0437. The van der Waals surface area contributed by atoms with Crippen LogP contribution in [0.4, 0.5) is 0 Å². The van der Waals surface area contributed by atoms with Gasteiger partial charge in [0.1, 0.15) is 12.4 Å². The van der Waals surface area contributed by atoms with Crippen molar-refractivity contribution in [1.29, 1.82) is 0 Å². The second-order valence-electron chi connectivity index (χ2n) is 20.3. The van der Waals surface area contributed by atoms with Gasteiger partial charge in [0.2, 0.25) is 65.0 Å². The molecule has 0 rings (SSSR count). The predicted octanol–water partition coefficient (Wildman–Crippen LogP) is -1.21. The van der Waals surface area contributed by atoms with Crippen molar-refractivity contribution in [2.24, 2.45) is 11.8 Å². The number of rotatable bonds is 36. The fourth-order valence-electron chi connectivity index (χ4n) is 6.54. The first kappa shape index (κ1) is 72.7. The third-order valence-electron chi connectivity index (χ3n) is 12.2. The molecular weight excluding hydrogens is 1070 g/mol. The van der Waals surface area contributed by atoms with Crippen LogP contribution in [0.15, 0.2) is 0 Å². The fraction of sp³-hybridized carbons (Fsp3) is 0.725. The first-order valence-electron chi connectivity index (χ1n) is 25.8. The Kier molecular flexibility index (Phi) is 33.8. The van der Waals surface area contributed by atoms with E-state index in [-0.39, 0.29) is 66.5 Å². The van der Waals surface area contributed by atoms with Crippen molar-refractivity contribution in [2.75, 3.05) is 148 Å². The van der Waals surface area contributed by atoms with Gasteiger partial charge in [-0.3, -0.25) is 67.1 Å². The van der Waals surface area contributed by atoms with Crippen LogP contribution in [0.1, 0.15) is 73.6 Å². The number of ketones is 2. The van der Waals surface area contributed by atoms with Gasteiger partial charge in [-0.2, -0.15) is 0 Å². The topological polar surface area (TPSA) is 293 Å². The van der Waals surface area contributed by atoms with Crippen LogP contribution in [0.5, 0.6) is 0 Å². The third-order valence-corrected chi connectivity index (χ3v) is 15.1. The molecule has 79 heavy (non-hydrogen) atoms. The molecule has 0 radical (unpaired) electrons. The van der Waals surface area contributed by atoms with E-state index >= 15 is 0 Å². The molecule has 0 aliphatic carbocycles. The molecule has 0 saturated heterocycles. The molecule has 0 aliphatic heterocycles. The van der Waals surface area contributed by atoms with Crippen molar-refractivity contribution in [3.05, 3.63) is 0 Å². The lowest BCUT2D eigenvalue weighted by Crippen LogP contribution is -2.49. The maximum atomic E-state index is 13.0. The monoisotopic (exact) mass is 1160 g/mol. The Bertz CT molecular complexity index is 2170. The summed E-state index contributed by atoms with van der Waals surface area (Å²) in [5.41, 5.74) is 0. The molecule has 448 valence electrons. The normalized spacial score (nSPS) is 11.6. The molecule has 0 heterocycles. The second-order valence-corrected chi connectivity index (χ2v) is 23.3. The lowest BCUT2D eigenvalue weighted by molar-refractivity contribution is -0.146. The Morgan fingerprint density at radius 2 is 0.696 bits per heavy atom. The van der Waals surface area contributed by atoms with Crippen LogP contribution in [0.25, 0.3) is 0 Å². The molecule has 26 nitrogen and oxygen atoms in total. The molecule has 28 heteroatoms. The van der Waals surface area contributed by atoms with Crippen LogP contribution < -0.4 is 5.32 Å². The lowest BCUT2D eigenvalue weighted by Gasteiger charge is -2.27. The Labute approximate surface area is 473 Å². The van der Waals surface area contributed by atoms with Crippen molar-refractivity contribution >= 4 is 104 Å². The van der Waals surface area contributed by atoms with E-state index in [1.165, 1.54) is 75.4 Å². The molecular formula is C51H87N11O15S2. The number of Topliss-reactive ketones (excluding diaryl/α,β-unsaturated/α-hetero) is 2. The van der Waals surface area contributed by atoms with Crippen LogP contribution >= 0.6 is 21.6 Å². The number of nitrogens with one attached hydrogen (secondary N) is 1. The van der Waals surface area contributed by atoms with E-state index in [9.17, 15) is 67.1 Å². The van der Waals surface area contributed by atoms with Gasteiger partial charge < -0.3 is 59.1 Å². The summed E-state index contributed by atoms with van der Waals surface area (Å²) in [4.78, 5) is 188. The van der Waals surface area contributed by atoms with Gasteiger partial charge in [0.05, 0.1) is 77.4 Å². The van der Waals surface area contributed by atoms with Gasteiger partial charge in [0.25, 0.3) is 0 Å². The molecule has 1 N–H and O–H groups in total. The molecule has 0 saturated carbocycles. The molecule has 0 fully saturated rings. The van der Waals surface area contributed by atoms with E-state index in [0.717, 1.165) is 44.1 Å². The van der Waals surface area contributed by atoms with E-state index in [0.29, 0.717) is 31.6 Å². The summed E-state index contributed by atoms with van der Waals surface area (Å²) < 4.78 is 5.15. The number of ether oxygens (including phenoxy) is 1. The maximum Gasteiger partial charge on any atom is 0.308 e. The van der Waals surface area contributed by atoms with E-state index in [4.69, 9.17) is 4.74 Å². The standard InChI is InChI=1S/C51H87N11O15S2/c1-34(2)50(75)37(6)52-39(64)24-53(7)41(66)26-55(9)43(68)28-57(11)45(70)30-59(13)47(72)32-61(15)49(74)33-62(16)48(73)31-60(14)46(71)29-58(12)44(69)27-56(10)42(67)25-54(8)40(65)19-17-18-38(63)21-20-36(5)79-78-23-22-77-51(76)35(3)4/h34-37H,17-33H2,1-16H3,(H,52,64)/t36?,37-/m0/s1. The van der Waals surface area contributed by atoms with Gasteiger partial charge in [-0.25, -0.2) is 0 Å². The molecule has 0 aromatic carbocycles. The zero-order valence-corrected chi connectivity index (χ0v) is 50.9. The number of carbonyl (C=O) groups is 14. The van der Waals surface area contributed by atoms with Gasteiger partial charge >= 0.3 is 5.97 Å². The molecule has 0 aromatic heterocycles. The number of nitrogens with zero attached hydrogens (tertiary/aromatic N) is 10. The van der Waals surface area contributed by atoms with Crippen molar-refractivity contribution in [1.82, 2.24) is 54.3 Å². The smallest absolute Gasteiger partial charge is 0.308 e. The average molecular weight is 1160 g/mol. The first-order valence-corrected chi connectivity index (χ1v) is 28.2. The van der Waals surface area contributed by atoms with Crippen molar-refractivity contribution in [3.8, 4) is 0 Å². The summed E-state index contributed by atoms with van der Waals surface area (Å²) >= 11 is 0. The average Bonchev–Trinajstić information content (AvgIpc) is 3.36. The molecule has 0 spiro atoms. The second kappa shape index (κ2) is 36.8. The summed E-state index contributed by atoms with van der Waals surface area (Å²) in [5, 5.41) is 2.74. The van der Waals surface area contributed by atoms with Crippen molar-refractivity contribution in [3.63, 3.8) is 0 Å². The SMILES string of the molecule is CC(CCC(=O)CCCC(=O)N(C)CC(=O)N(C)CC(=O)N(C)CC(=O)N(C)CC(=O)N(C)CC(=O)N(C)CC(=O)N(C)CC(=O)N(C)CC(=O)N(C)CC(=O)N(C)CC(=O)N[C@@H](C)C(=O)C(C)C)SSCCOC(=O)C(C)C. The number of hydrogen-bond donors (Lipinski definition) is 1. The number of likely N-dealkylation sites (N-methyl/N-ethyl adjacent to an activating group) is 10. The third kappa shape index (κ3) is 29.5. The molecule has 11 amide bonds. The number of amides is 11. The van der Waals surface area contributed by atoms with Gasteiger partial charge in [-0.05, 0) is 19.8 Å². The summed E-state index contributed by atoms with van der Waals surface area (Å²) in [7, 11) is 16.7. The van der Waals surface area contributed by atoms with Gasteiger partial charge in [-0.1, -0.05) is 56.2 Å². The van der Waals surface area contributed by atoms with Crippen LogP contribution in [-0.4, -0.2) is 291 Å². The highest BCUT2D eigenvalue weighted by atomic mass is 33.1. The minimum absolute atomic E-state index is 0.0296. The highest BCUT2D eigenvalue weighted by Crippen LogP contribution is 2.29. The summed E-state index contributed by atoms with van der Waals surface area (Å²) in [6.45, 7) is 6.57. The maximum absolute atomic E-state index is 13.0. The Morgan fingerprint density at radius 3 is 1.00 bits per heavy atom. The van der Waals surface area contributed by atoms with Gasteiger partial charge in [-0.15, -0.1) is 0 Å². The predicted molar refractivity (Wildman–Crippen MR) is 297 cm³/mol. The van der Waals surface area contributed by atoms with Crippen LogP contribution in [0.2, 0.25) is 0 Å². The Balaban J connectivity index is 4.79. The molecule has 1 unspecified atom stereocenters. The molecule has 0 aliphatic rings. The molecule has 0 bridgehead atoms. The number of carbonyl (C=O) groups excluding carboxylic acids is 14. The van der Waals surface area contributed by atoms with Crippen molar-refractivity contribution in [2.45, 2.75) is 84.9 Å². The highest BCUT2D eigenvalue weighted by molar-refractivity contribution is 8.76. The first-order chi connectivity index (χ1) is 36.6. The van der Waals surface area contributed by atoms with Crippen LogP contribution in [-0.2, 0) is 71.9 Å². The van der Waals surface area contributed by atoms with Crippen LogP contribution in [0, 0.1) is 11.8 Å². The van der Waals surface area contributed by atoms with Crippen molar-refractivity contribution < 1.29 is 71.9 Å². The van der Waals surface area contributed by atoms with E-state index in [1.807, 2.05) is 6.92 Å². The summed E-state index contributed by atoms with van der Waals surface area (Å²) in [6, 6.07) is -0.740. The number of esters is 1. The van der Waals surface area contributed by atoms with E-state index in [2.05, 4.69) is 5.32 Å². The van der Waals surface area contributed by atoms with E-state index < -0.39 is 117 Å². The summed E-state index contributed by atoms with van der Waals surface area (Å²) in [5.74, 6) is -6.58. The number of hydrogen-bond acceptors (Lipinski definition) is 17. The molecule has 0 aromatic rings. The van der Waals surface area contributed by atoms with Gasteiger partial charge in [0, 0.05) is 107 Å². The lowest BCUT2D eigenvalue weighted by atomic mass is 10.0. The largest absolute Gasteiger partial charge is 0.465 e. The highest BCUT2D eigenvalue weighted by Gasteiger charge is 2.27. The fourth-order valence-corrected chi connectivity index (χ4v) is 8.71. The Morgan fingerprint density at radius 1 is 0.392 bits per heavy atom. The Hall–Kier alpha value is -6.32. The van der Waals surface area contributed by atoms with E-state index in [1.54, 1.807) is 56.2 Å². The minimum atomic E-state index is -0.740. The van der Waals surface area contributed by atoms with Crippen LogP contribution in [0.3, 0.4) is 0 Å². The van der Waals surface area contributed by atoms with Gasteiger partial charge in [0.15, 0.2) is 5.78 Å². The summed E-state index contributed by atoms with van der Waals surface area (Å²) in [6.07, 6.45) is 1.62.